The molecular formula is C14H18BrFN2O. The summed E-state index contributed by atoms with van der Waals surface area (Å²) < 4.78 is 20.3. The van der Waals surface area contributed by atoms with E-state index < -0.39 is 0 Å². The predicted molar refractivity (Wildman–Crippen MR) is 75.9 cm³/mol. The third-order valence-electron chi connectivity index (χ3n) is 3.50. The van der Waals surface area contributed by atoms with Crippen LogP contribution in [-0.2, 0) is 6.54 Å². The molecule has 0 spiro atoms. The molecule has 1 heterocycles. The topological polar surface area (TPSA) is 24.5 Å². The summed E-state index contributed by atoms with van der Waals surface area (Å²) in [4.78, 5) is 2.33. The number of hydrogen-bond acceptors (Lipinski definition) is 3. The minimum atomic E-state index is -0.208. The van der Waals surface area contributed by atoms with Crippen LogP contribution in [-0.4, -0.2) is 37.2 Å². The minimum Gasteiger partial charge on any atom is -0.489 e. The quantitative estimate of drug-likeness (QED) is 0.919. The minimum absolute atomic E-state index is 0.208. The number of ether oxygens (including phenoxy) is 1. The Morgan fingerprint density at radius 1 is 1.32 bits per heavy atom. The number of benzene rings is 1. The van der Waals surface area contributed by atoms with Gasteiger partial charge in [0.05, 0.1) is 10.6 Å². The van der Waals surface area contributed by atoms with E-state index in [1.54, 1.807) is 6.07 Å². The van der Waals surface area contributed by atoms with Gasteiger partial charge in [0.25, 0.3) is 0 Å². The van der Waals surface area contributed by atoms with Crippen LogP contribution < -0.4 is 10.1 Å². The second kappa shape index (κ2) is 5.77. The summed E-state index contributed by atoms with van der Waals surface area (Å²) in [5.74, 6) is 0.614. The van der Waals surface area contributed by atoms with Gasteiger partial charge >= 0.3 is 0 Å². The fourth-order valence-electron chi connectivity index (χ4n) is 2.33. The standard InChI is InChI=1S/C14H18BrFN2O/c15-13-8-11(16)7-10(14(13)19-12-1-2-12)9-18-5-3-17-4-6-18/h7-8,12,17H,1-6,9H2. The van der Waals surface area contributed by atoms with Gasteiger partial charge in [-0.1, -0.05) is 0 Å². The Bertz CT molecular complexity index is 459. The van der Waals surface area contributed by atoms with Crippen LogP contribution in [0.3, 0.4) is 0 Å². The van der Waals surface area contributed by atoms with E-state index in [4.69, 9.17) is 4.74 Å². The molecule has 0 amide bonds. The molecule has 0 radical (unpaired) electrons. The zero-order valence-electron chi connectivity index (χ0n) is 10.8. The van der Waals surface area contributed by atoms with E-state index in [1.807, 2.05) is 0 Å². The summed E-state index contributed by atoms with van der Waals surface area (Å²) in [6.07, 6.45) is 2.54. The van der Waals surface area contributed by atoms with Gasteiger partial charge in [-0.25, -0.2) is 4.39 Å². The van der Waals surface area contributed by atoms with Crippen molar-refractivity contribution in [3.63, 3.8) is 0 Å². The number of rotatable bonds is 4. The predicted octanol–water partition coefficient (Wildman–Crippen LogP) is 2.53. The van der Waals surface area contributed by atoms with E-state index in [1.165, 1.54) is 6.07 Å². The Balaban J connectivity index is 1.80. The van der Waals surface area contributed by atoms with Gasteiger partial charge in [-0.15, -0.1) is 0 Å². The zero-order chi connectivity index (χ0) is 13.2. The molecule has 1 aliphatic carbocycles. The van der Waals surface area contributed by atoms with Gasteiger partial charge in [-0.3, -0.25) is 4.90 Å². The van der Waals surface area contributed by atoms with Crippen molar-refractivity contribution in [1.82, 2.24) is 10.2 Å². The van der Waals surface area contributed by atoms with Crippen LogP contribution in [0.5, 0.6) is 5.75 Å². The first-order chi connectivity index (χ1) is 9.22. The molecule has 0 unspecified atom stereocenters. The molecule has 2 fully saturated rings. The van der Waals surface area contributed by atoms with Crippen LogP contribution in [0, 0.1) is 5.82 Å². The second-order valence-electron chi connectivity index (χ2n) is 5.22. The maximum Gasteiger partial charge on any atom is 0.138 e. The molecule has 0 atom stereocenters. The van der Waals surface area contributed by atoms with Crippen molar-refractivity contribution in [3.05, 3.63) is 28.0 Å². The molecule has 104 valence electrons. The Morgan fingerprint density at radius 2 is 2.05 bits per heavy atom. The molecule has 0 bridgehead atoms. The van der Waals surface area contributed by atoms with Crippen LogP contribution in [0.25, 0.3) is 0 Å². The van der Waals surface area contributed by atoms with Crippen LogP contribution in [0.15, 0.2) is 16.6 Å². The van der Waals surface area contributed by atoms with Crippen molar-refractivity contribution in [1.29, 1.82) is 0 Å². The monoisotopic (exact) mass is 328 g/mol. The number of halogens is 2. The molecule has 1 aromatic rings. The Labute approximate surface area is 121 Å². The molecular weight excluding hydrogens is 311 g/mol. The van der Waals surface area contributed by atoms with Crippen LogP contribution in [0.2, 0.25) is 0 Å². The first kappa shape index (κ1) is 13.3. The number of nitrogens with zero attached hydrogens (tertiary/aromatic N) is 1. The van der Waals surface area contributed by atoms with Gasteiger partial charge in [0.1, 0.15) is 11.6 Å². The third-order valence-corrected chi connectivity index (χ3v) is 4.09. The van der Waals surface area contributed by atoms with Crippen molar-refractivity contribution in [3.8, 4) is 5.75 Å². The normalized spacial score (nSPS) is 20.5. The van der Waals surface area contributed by atoms with Crippen LogP contribution >= 0.6 is 15.9 Å². The van der Waals surface area contributed by atoms with Gasteiger partial charge in [0.15, 0.2) is 0 Å². The van der Waals surface area contributed by atoms with Gasteiger partial charge in [-0.05, 0) is 40.9 Å². The van der Waals surface area contributed by atoms with E-state index >= 15 is 0 Å². The second-order valence-corrected chi connectivity index (χ2v) is 6.07. The maximum atomic E-state index is 13.6. The number of nitrogens with one attached hydrogen (secondary N) is 1. The molecule has 1 aromatic carbocycles. The largest absolute Gasteiger partial charge is 0.489 e. The first-order valence-corrected chi connectivity index (χ1v) is 7.59. The van der Waals surface area contributed by atoms with Crippen molar-refractivity contribution in [2.45, 2.75) is 25.5 Å². The summed E-state index contributed by atoms with van der Waals surface area (Å²) in [5, 5.41) is 3.32. The molecule has 1 N–H and O–H groups in total. The average molecular weight is 329 g/mol. The smallest absolute Gasteiger partial charge is 0.138 e. The summed E-state index contributed by atoms with van der Waals surface area (Å²) >= 11 is 3.42. The lowest BCUT2D eigenvalue weighted by molar-refractivity contribution is 0.225. The first-order valence-electron chi connectivity index (χ1n) is 6.80. The summed E-state index contributed by atoms with van der Waals surface area (Å²) in [5.41, 5.74) is 0.945. The van der Waals surface area contributed by atoms with E-state index in [9.17, 15) is 4.39 Å². The van der Waals surface area contributed by atoms with Gasteiger partial charge in [-0.2, -0.15) is 0 Å². The molecule has 1 saturated carbocycles. The van der Waals surface area contributed by atoms with Crippen LogP contribution in [0.4, 0.5) is 4.39 Å². The SMILES string of the molecule is Fc1cc(Br)c(OC2CC2)c(CN2CCNCC2)c1. The Kier molecular flexibility index (Phi) is 4.05. The van der Waals surface area contributed by atoms with Crippen molar-refractivity contribution >= 4 is 15.9 Å². The highest BCUT2D eigenvalue weighted by Gasteiger charge is 2.26. The number of piperazine rings is 1. The van der Waals surface area contributed by atoms with E-state index in [2.05, 4.69) is 26.1 Å². The molecule has 19 heavy (non-hydrogen) atoms. The van der Waals surface area contributed by atoms with Crippen molar-refractivity contribution in [2.75, 3.05) is 26.2 Å². The lowest BCUT2D eigenvalue weighted by atomic mass is 10.1. The maximum absolute atomic E-state index is 13.6. The highest BCUT2D eigenvalue weighted by atomic mass is 79.9. The van der Waals surface area contributed by atoms with Gasteiger partial charge in [0.2, 0.25) is 0 Å². The molecule has 1 saturated heterocycles. The Hall–Kier alpha value is -0.650. The molecule has 5 heteroatoms. The fourth-order valence-corrected chi connectivity index (χ4v) is 2.89. The molecule has 3 rings (SSSR count). The summed E-state index contributed by atoms with van der Waals surface area (Å²) in [6, 6.07) is 3.09. The Morgan fingerprint density at radius 3 is 2.74 bits per heavy atom. The van der Waals surface area contributed by atoms with Crippen LogP contribution in [0.1, 0.15) is 18.4 Å². The van der Waals surface area contributed by atoms with Crippen molar-refractivity contribution in [2.24, 2.45) is 0 Å². The highest BCUT2D eigenvalue weighted by molar-refractivity contribution is 9.10. The molecule has 1 aliphatic heterocycles. The average Bonchev–Trinajstić information content (AvgIpc) is 3.19. The summed E-state index contributed by atoms with van der Waals surface area (Å²) in [7, 11) is 0. The lowest BCUT2D eigenvalue weighted by Gasteiger charge is -2.28. The lowest BCUT2D eigenvalue weighted by Crippen LogP contribution is -2.42. The zero-order valence-corrected chi connectivity index (χ0v) is 12.4. The summed E-state index contributed by atoms with van der Waals surface area (Å²) in [6.45, 7) is 4.73. The fraction of sp³-hybridized carbons (Fsp3) is 0.571. The van der Waals surface area contributed by atoms with E-state index in [-0.39, 0.29) is 5.82 Å². The van der Waals surface area contributed by atoms with E-state index in [0.717, 1.165) is 61.4 Å². The molecule has 2 aliphatic rings. The highest BCUT2D eigenvalue weighted by Crippen LogP contribution is 2.36. The van der Waals surface area contributed by atoms with Gasteiger partial charge < -0.3 is 10.1 Å². The third kappa shape index (κ3) is 3.46. The van der Waals surface area contributed by atoms with Gasteiger partial charge in [0, 0.05) is 38.3 Å². The van der Waals surface area contributed by atoms with Crippen molar-refractivity contribution < 1.29 is 9.13 Å². The molecule has 3 nitrogen and oxygen atoms in total. The van der Waals surface area contributed by atoms with E-state index in [0.29, 0.717) is 6.10 Å². The number of hydrogen-bond donors (Lipinski definition) is 1. The molecule has 0 aromatic heterocycles.